The third-order valence-electron chi connectivity index (χ3n) is 4.15. The Kier molecular flexibility index (Phi) is 7.02. The average Bonchev–Trinajstić information content (AvgIpc) is 2.53. The number of aliphatic hydroxyl groups is 1. The van der Waals surface area contributed by atoms with Gasteiger partial charge in [0.15, 0.2) is 0 Å². The molecule has 1 N–H and O–H groups in total. The van der Waals surface area contributed by atoms with Crippen LogP contribution in [-0.4, -0.2) is 42.6 Å². The summed E-state index contributed by atoms with van der Waals surface area (Å²) in [7, 11) is 0. The van der Waals surface area contributed by atoms with Crippen molar-refractivity contribution in [3.05, 3.63) is 35.9 Å². The van der Waals surface area contributed by atoms with Crippen LogP contribution in [0.2, 0.25) is 0 Å². The van der Waals surface area contributed by atoms with Gasteiger partial charge in [-0.3, -0.25) is 4.79 Å². The Balaban J connectivity index is 1.81. The first-order valence-electron chi connectivity index (χ1n) is 8.21. The molecule has 1 heterocycles. The molecule has 4 atom stereocenters. The van der Waals surface area contributed by atoms with Gasteiger partial charge in [-0.05, 0) is 12.5 Å². The Morgan fingerprint density at radius 3 is 2.78 bits per heavy atom. The Labute approximate surface area is 137 Å². The van der Waals surface area contributed by atoms with E-state index in [1.54, 1.807) is 6.92 Å². The summed E-state index contributed by atoms with van der Waals surface area (Å²) in [4.78, 5) is 11.7. The number of hydrogen-bond acceptors (Lipinski definition) is 5. The first kappa shape index (κ1) is 17.9. The third kappa shape index (κ3) is 5.61. The second-order valence-electron chi connectivity index (χ2n) is 5.97. The van der Waals surface area contributed by atoms with E-state index < -0.39 is 6.10 Å². The van der Waals surface area contributed by atoms with Gasteiger partial charge in [0, 0.05) is 12.3 Å². The third-order valence-corrected chi connectivity index (χ3v) is 4.15. The monoisotopic (exact) mass is 322 g/mol. The molecule has 0 radical (unpaired) electrons. The summed E-state index contributed by atoms with van der Waals surface area (Å²) >= 11 is 0. The van der Waals surface area contributed by atoms with Crippen LogP contribution in [0.15, 0.2) is 30.3 Å². The number of aliphatic hydroxyl groups excluding tert-OH is 1. The van der Waals surface area contributed by atoms with E-state index in [4.69, 9.17) is 14.2 Å². The second kappa shape index (κ2) is 9.01. The number of benzene rings is 1. The molecule has 0 aliphatic carbocycles. The second-order valence-corrected chi connectivity index (χ2v) is 5.97. The van der Waals surface area contributed by atoms with Crippen molar-refractivity contribution in [2.24, 2.45) is 5.92 Å². The van der Waals surface area contributed by atoms with Crippen molar-refractivity contribution < 1.29 is 24.1 Å². The fraction of sp³-hybridized carbons (Fsp3) is 0.611. The average molecular weight is 322 g/mol. The lowest BCUT2D eigenvalue weighted by atomic mass is 9.89. The molecule has 1 aromatic rings. The van der Waals surface area contributed by atoms with E-state index in [9.17, 15) is 9.90 Å². The molecule has 0 unspecified atom stereocenters. The highest BCUT2D eigenvalue weighted by Crippen LogP contribution is 2.28. The molecular weight excluding hydrogens is 296 g/mol. The van der Waals surface area contributed by atoms with E-state index >= 15 is 0 Å². The van der Waals surface area contributed by atoms with Gasteiger partial charge in [-0.2, -0.15) is 0 Å². The molecular formula is C18H26O5. The van der Waals surface area contributed by atoms with Gasteiger partial charge in [0.2, 0.25) is 0 Å². The first-order valence-corrected chi connectivity index (χ1v) is 8.21. The van der Waals surface area contributed by atoms with Crippen LogP contribution in [0.1, 0.15) is 32.3 Å². The molecule has 0 saturated carbocycles. The zero-order chi connectivity index (χ0) is 16.7. The summed E-state index contributed by atoms with van der Waals surface area (Å²) in [6, 6.07) is 9.91. The van der Waals surface area contributed by atoms with Crippen LogP contribution in [0.3, 0.4) is 0 Å². The Hall–Kier alpha value is -1.43. The number of ether oxygens (including phenoxy) is 3. The van der Waals surface area contributed by atoms with E-state index in [0.29, 0.717) is 26.2 Å². The Bertz CT molecular complexity index is 476. The number of carbonyl (C=O) groups excluding carboxylic acids is 1. The summed E-state index contributed by atoms with van der Waals surface area (Å²) < 4.78 is 16.6. The number of rotatable bonds is 7. The molecule has 5 nitrogen and oxygen atoms in total. The standard InChI is InChI=1S/C18H26O5/c1-3-22-18(20)10-17-13(2)16(19)9-15(23-17)12-21-11-14-7-5-4-6-8-14/h4-8,13,15-17,19H,3,9-12H2,1-2H3/t13-,15-,16-,17-/m1/s1. The van der Waals surface area contributed by atoms with Crippen molar-refractivity contribution in [1.82, 2.24) is 0 Å². The van der Waals surface area contributed by atoms with Gasteiger partial charge in [-0.15, -0.1) is 0 Å². The highest BCUT2D eigenvalue weighted by atomic mass is 16.6. The molecule has 5 heteroatoms. The van der Waals surface area contributed by atoms with E-state index in [1.165, 1.54) is 0 Å². The summed E-state index contributed by atoms with van der Waals surface area (Å²) in [5, 5.41) is 10.2. The van der Waals surface area contributed by atoms with Crippen molar-refractivity contribution in [1.29, 1.82) is 0 Å². The number of carbonyl (C=O) groups is 1. The quantitative estimate of drug-likeness (QED) is 0.781. The minimum absolute atomic E-state index is 0.0928. The predicted molar refractivity (Wildman–Crippen MR) is 85.8 cm³/mol. The summed E-state index contributed by atoms with van der Waals surface area (Å²) in [6.07, 6.45) is -0.336. The van der Waals surface area contributed by atoms with Crippen LogP contribution in [0.25, 0.3) is 0 Å². The van der Waals surface area contributed by atoms with Crippen LogP contribution in [0.4, 0.5) is 0 Å². The predicted octanol–water partition coefficient (Wildman–Crippen LogP) is 2.31. The van der Waals surface area contributed by atoms with Gasteiger partial charge in [-0.25, -0.2) is 0 Å². The summed E-state index contributed by atoms with van der Waals surface area (Å²) in [5.74, 6) is -0.382. The first-order chi connectivity index (χ1) is 11.1. The van der Waals surface area contributed by atoms with E-state index in [-0.39, 0.29) is 30.5 Å². The highest BCUT2D eigenvalue weighted by molar-refractivity contribution is 5.70. The number of hydrogen-bond donors (Lipinski definition) is 1. The van der Waals surface area contributed by atoms with Gasteiger partial charge in [-0.1, -0.05) is 37.3 Å². The highest BCUT2D eigenvalue weighted by Gasteiger charge is 2.36. The Morgan fingerprint density at radius 2 is 2.09 bits per heavy atom. The normalized spacial score (nSPS) is 27.6. The fourth-order valence-corrected chi connectivity index (χ4v) is 2.77. The lowest BCUT2D eigenvalue weighted by Crippen LogP contribution is -2.45. The van der Waals surface area contributed by atoms with E-state index in [2.05, 4.69) is 0 Å². The largest absolute Gasteiger partial charge is 0.466 e. The maximum Gasteiger partial charge on any atom is 0.308 e. The van der Waals surface area contributed by atoms with Gasteiger partial charge < -0.3 is 19.3 Å². The number of esters is 1. The van der Waals surface area contributed by atoms with Crippen molar-refractivity contribution in [3.8, 4) is 0 Å². The molecule has 0 bridgehead atoms. The molecule has 0 amide bonds. The minimum Gasteiger partial charge on any atom is -0.466 e. The molecule has 1 aliphatic rings. The molecule has 2 rings (SSSR count). The zero-order valence-electron chi connectivity index (χ0n) is 13.8. The van der Waals surface area contributed by atoms with Gasteiger partial charge >= 0.3 is 5.97 Å². The maximum atomic E-state index is 11.7. The van der Waals surface area contributed by atoms with E-state index in [0.717, 1.165) is 5.56 Å². The lowest BCUT2D eigenvalue weighted by molar-refractivity contribution is -0.168. The molecule has 23 heavy (non-hydrogen) atoms. The maximum absolute atomic E-state index is 11.7. The summed E-state index contributed by atoms with van der Waals surface area (Å²) in [6.45, 7) is 4.94. The molecule has 1 saturated heterocycles. The van der Waals surface area contributed by atoms with Gasteiger partial charge in [0.1, 0.15) is 0 Å². The fourth-order valence-electron chi connectivity index (χ4n) is 2.77. The smallest absolute Gasteiger partial charge is 0.308 e. The molecule has 1 aliphatic heterocycles. The lowest BCUT2D eigenvalue weighted by Gasteiger charge is -2.37. The van der Waals surface area contributed by atoms with Crippen LogP contribution < -0.4 is 0 Å². The topological polar surface area (TPSA) is 65.0 Å². The van der Waals surface area contributed by atoms with Crippen LogP contribution in [0.5, 0.6) is 0 Å². The van der Waals surface area contributed by atoms with Crippen LogP contribution >= 0.6 is 0 Å². The van der Waals surface area contributed by atoms with Crippen molar-refractivity contribution in [3.63, 3.8) is 0 Å². The van der Waals surface area contributed by atoms with Gasteiger partial charge in [0.25, 0.3) is 0 Å². The molecule has 0 spiro atoms. The van der Waals surface area contributed by atoms with E-state index in [1.807, 2.05) is 37.3 Å². The van der Waals surface area contributed by atoms with Gasteiger partial charge in [0.05, 0.1) is 44.6 Å². The zero-order valence-corrected chi connectivity index (χ0v) is 13.8. The van der Waals surface area contributed by atoms with Crippen molar-refractivity contribution in [2.45, 2.75) is 51.6 Å². The van der Waals surface area contributed by atoms with Crippen LogP contribution in [0, 0.1) is 5.92 Å². The SMILES string of the molecule is CCOC(=O)C[C@H]1O[C@@H](COCc2ccccc2)C[C@@H](O)[C@H]1C. The Morgan fingerprint density at radius 1 is 1.35 bits per heavy atom. The van der Waals surface area contributed by atoms with Crippen molar-refractivity contribution >= 4 is 5.97 Å². The molecule has 128 valence electrons. The molecule has 1 aromatic carbocycles. The minimum atomic E-state index is -0.492. The summed E-state index contributed by atoms with van der Waals surface area (Å²) in [5.41, 5.74) is 1.10. The van der Waals surface area contributed by atoms with Crippen molar-refractivity contribution in [2.75, 3.05) is 13.2 Å². The molecule has 0 aromatic heterocycles. The van der Waals surface area contributed by atoms with Crippen LogP contribution in [-0.2, 0) is 25.6 Å². The molecule has 1 fully saturated rings.